The Morgan fingerprint density at radius 2 is 1.10 bits per heavy atom. The number of rotatable bonds is 7. The monoisotopic (exact) mass is 300 g/mol. The van der Waals surface area contributed by atoms with E-state index in [1.807, 2.05) is 0 Å². The van der Waals surface area contributed by atoms with Crippen LogP contribution in [0.1, 0.15) is 79.1 Å². The van der Waals surface area contributed by atoms with Gasteiger partial charge >= 0.3 is 0 Å². The number of hydrogen-bond acceptors (Lipinski definition) is 3. The Kier molecular flexibility index (Phi) is 7.66. The van der Waals surface area contributed by atoms with E-state index in [0.717, 1.165) is 11.8 Å². The van der Waals surface area contributed by atoms with E-state index in [0.29, 0.717) is 0 Å². The van der Waals surface area contributed by atoms with Gasteiger partial charge in [-0.05, 0) is 63.2 Å². The molecule has 2 rings (SSSR count). The molecule has 21 heavy (non-hydrogen) atoms. The molecule has 126 valence electrons. The van der Waals surface area contributed by atoms with Crippen molar-refractivity contribution in [3.05, 3.63) is 0 Å². The number of hydrogen-bond donors (Lipinski definition) is 2. The maximum absolute atomic E-state index is 7.62. The highest BCUT2D eigenvalue weighted by atomic mass is 16.5. The van der Waals surface area contributed by atoms with Crippen LogP contribution in [0.2, 0.25) is 0 Å². The van der Waals surface area contributed by atoms with Gasteiger partial charge in [-0.25, -0.2) is 0 Å². The lowest BCUT2D eigenvalue weighted by atomic mass is 9.70. The summed E-state index contributed by atoms with van der Waals surface area (Å²) in [5.41, 5.74) is 0.535. The first-order chi connectivity index (χ1) is 9.87. The maximum Gasteiger partial charge on any atom is 0.0692 e. The highest BCUT2D eigenvalue weighted by molar-refractivity contribution is 4.98. The second-order valence-corrected chi connectivity index (χ2v) is 7.82. The summed E-state index contributed by atoms with van der Waals surface area (Å²) >= 11 is 0. The van der Waals surface area contributed by atoms with Crippen LogP contribution < -0.4 is 0 Å². The van der Waals surface area contributed by atoms with Gasteiger partial charge < -0.3 is 14.9 Å². The highest BCUT2D eigenvalue weighted by Crippen LogP contribution is 2.50. The zero-order valence-electron chi connectivity index (χ0n) is 14.5. The smallest absolute Gasteiger partial charge is 0.0692 e. The Bertz CT molecular complexity index is 250. The number of ether oxygens (including phenoxy) is 1. The summed E-state index contributed by atoms with van der Waals surface area (Å²) in [5.74, 6) is 1.54. The molecular weight excluding hydrogens is 264 g/mol. The summed E-state index contributed by atoms with van der Waals surface area (Å²) in [6, 6.07) is 0. The van der Waals surface area contributed by atoms with Gasteiger partial charge in [0.15, 0.2) is 0 Å². The number of aliphatic hydroxyl groups is 2. The molecule has 0 heterocycles. The summed E-state index contributed by atoms with van der Waals surface area (Å²) in [5, 5.41) is 15.2. The molecule has 0 aliphatic heterocycles. The molecule has 0 spiro atoms. The third-order valence-corrected chi connectivity index (χ3v) is 4.62. The fraction of sp³-hybridized carbons (Fsp3) is 1.00. The molecule has 0 aromatic heterocycles. The molecule has 0 unspecified atom stereocenters. The minimum Gasteiger partial charge on any atom is -0.394 e. The van der Waals surface area contributed by atoms with Crippen molar-refractivity contribution < 1.29 is 14.9 Å². The summed E-state index contributed by atoms with van der Waals surface area (Å²) in [4.78, 5) is 0. The van der Waals surface area contributed by atoms with Gasteiger partial charge in [0.05, 0.1) is 24.4 Å². The Labute approximate surface area is 131 Å². The van der Waals surface area contributed by atoms with Crippen LogP contribution in [0, 0.1) is 11.8 Å². The molecule has 2 aliphatic rings. The Morgan fingerprint density at radius 3 is 1.24 bits per heavy atom. The van der Waals surface area contributed by atoms with Crippen molar-refractivity contribution in [1.29, 1.82) is 0 Å². The van der Waals surface area contributed by atoms with Crippen LogP contribution in [0.4, 0.5) is 0 Å². The standard InChI is InChI=1S/C16H30O.C2H6O2/c1-13(2)11-15(7-5-8-15)17-16(9-6-10-16)12-14(3)4;3-1-2-4/h13-14H,5-12H2,1-4H3;3-4H,1-2H2. The highest BCUT2D eigenvalue weighted by Gasteiger charge is 2.48. The van der Waals surface area contributed by atoms with Crippen molar-refractivity contribution in [2.75, 3.05) is 13.2 Å². The molecule has 2 saturated carbocycles. The first-order valence-electron chi connectivity index (χ1n) is 8.79. The average molecular weight is 300 g/mol. The first-order valence-corrected chi connectivity index (χ1v) is 8.79. The predicted molar refractivity (Wildman–Crippen MR) is 87.3 cm³/mol. The molecule has 2 N–H and O–H groups in total. The lowest BCUT2D eigenvalue weighted by molar-refractivity contribution is -0.232. The van der Waals surface area contributed by atoms with E-state index in [1.54, 1.807) is 0 Å². The SMILES string of the molecule is CC(C)CC1(OC2(CC(C)C)CCC2)CCC1.OCCO. The zero-order valence-corrected chi connectivity index (χ0v) is 14.5. The summed E-state index contributed by atoms with van der Waals surface area (Å²) < 4.78 is 6.72. The first kappa shape index (κ1) is 18.9. The van der Waals surface area contributed by atoms with Crippen molar-refractivity contribution in [2.45, 2.75) is 90.3 Å². The van der Waals surface area contributed by atoms with E-state index in [2.05, 4.69) is 27.7 Å². The van der Waals surface area contributed by atoms with Crippen LogP contribution in [-0.4, -0.2) is 34.6 Å². The Balaban J connectivity index is 0.000000491. The van der Waals surface area contributed by atoms with Crippen molar-refractivity contribution in [1.82, 2.24) is 0 Å². The van der Waals surface area contributed by atoms with E-state index < -0.39 is 0 Å². The average Bonchev–Trinajstić information content (AvgIpc) is 2.32. The van der Waals surface area contributed by atoms with Gasteiger partial charge in [-0.1, -0.05) is 27.7 Å². The van der Waals surface area contributed by atoms with Gasteiger partial charge in [-0.15, -0.1) is 0 Å². The summed E-state index contributed by atoms with van der Waals surface area (Å²) in [7, 11) is 0. The third kappa shape index (κ3) is 5.88. The van der Waals surface area contributed by atoms with Gasteiger partial charge in [0.1, 0.15) is 0 Å². The van der Waals surface area contributed by atoms with Gasteiger partial charge in [0.25, 0.3) is 0 Å². The van der Waals surface area contributed by atoms with Crippen LogP contribution >= 0.6 is 0 Å². The molecule has 2 fully saturated rings. The molecular formula is C18H36O3. The van der Waals surface area contributed by atoms with Crippen LogP contribution in [-0.2, 0) is 4.74 Å². The molecule has 0 radical (unpaired) electrons. The van der Waals surface area contributed by atoms with Crippen molar-refractivity contribution in [3.8, 4) is 0 Å². The van der Waals surface area contributed by atoms with Crippen molar-refractivity contribution in [2.24, 2.45) is 11.8 Å². The van der Waals surface area contributed by atoms with E-state index in [9.17, 15) is 0 Å². The lowest BCUT2D eigenvalue weighted by Gasteiger charge is -2.54. The lowest BCUT2D eigenvalue weighted by Crippen LogP contribution is -2.53. The largest absolute Gasteiger partial charge is 0.394 e. The molecule has 0 bridgehead atoms. The maximum atomic E-state index is 7.62. The second kappa shape index (κ2) is 8.50. The fourth-order valence-electron chi connectivity index (χ4n) is 3.79. The van der Waals surface area contributed by atoms with E-state index in [4.69, 9.17) is 14.9 Å². The Hall–Kier alpha value is -0.120. The zero-order chi connectivity index (χ0) is 15.9. The topological polar surface area (TPSA) is 49.7 Å². The third-order valence-electron chi connectivity index (χ3n) is 4.62. The minimum atomic E-state index is -0.125. The molecule has 0 aromatic rings. The van der Waals surface area contributed by atoms with E-state index in [1.165, 1.54) is 51.4 Å². The van der Waals surface area contributed by atoms with E-state index >= 15 is 0 Å². The second-order valence-electron chi connectivity index (χ2n) is 7.82. The number of aliphatic hydroxyl groups excluding tert-OH is 2. The molecule has 2 aliphatic carbocycles. The summed E-state index contributed by atoms with van der Waals surface area (Å²) in [6.45, 7) is 9.08. The summed E-state index contributed by atoms with van der Waals surface area (Å²) in [6.07, 6.45) is 10.5. The molecule has 0 saturated heterocycles. The van der Waals surface area contributed by atoms with E-state index in [-0.39, 0.29) is 24.4 Å². The van der Waals surface area contributed by atoms with Gasteiger partial charge in [0, 0.05) is 0 Å². The minimum absolute atomic E-state index is 0.125. The molecule has 3 heteroatoms. The van der Waals surface area contributed by atoms with Crippen LogP contribution in [0.3, 0.4) is 0 Å². The van der Waals surface area contributed by atoms with Gasteiger partial charge in [-0.3, -0.25) is 0 Å². The van der Waals surface area contributed by atoms with Crippen LogP contribution in [0.5, 0.6) is 0 Å². The van der Waals surface area contributed by atoms with Gasteiger partial charge in [0.2, 0.25) is 0 Å². The van der Waals surface area contributed by atoms with Crippen LogP contribution in [0.15, 0.2) is 0 Å². The fourth-order valence-corrected chi connectivity index (χ4v) is 3.79. The molecule has 0 atom stereocenters. The van der Waals surface area contributed by atoms with Crippen molar-refractivity contribution >= 4 is 0 Å². The molecule has 3 nitrogen and oxygen atoms in total. The molecule has 0 aromatic carbocycles. The molecule has 0 amide bonds. The van der Waals surface area contributed by atoms with Crippen LogP contribution in [0.25, 0.3) is 0 Å². The van der Waals surface area contributed by atoms with Crippen molar-refractivity contribution in [3.63, 3.8) is 0 Å². The normalized spacial score (nSPS) is 22.3. The quantitative estimate of drug-likeness (QED) is 0.749. The van der Waals surface area contributed by atoms with Gasteiger partial charge in [-0.2, -0.15) is 0 Å². The predicted octanol–water partition coefficient (Wildman–Crippen LogP) is 3.91. The Morgan fingerprint density at radius 1 is 0.762 bits per heavy atom.